The maximum Gasteiger partial charge on any atom is 0.272 e. The lowest BCUT2D eigenvalue weighted by atomic mass is 9.75. The second kappa shape index (κ2) is 6.46. The molecule has 4 rings (SSSR count). The van der Waals surface area contributed by atoms with Gasteiger partial charge in [0.25, 0.3) is 11.7 Å². The van der Waals surface area contributed by atoms with E-state index in [9.17, 15) is 4.79 Å². The zero-order valence-corrected chi connectivity index (χ0v) is 16.2. The van der Waals surface area contributed by atoms with Crippen LogP contribution in [0.3, 0.4) is 0 Å². The van der Waals surface area contributed by atoms with Gasteiger partial charge >= 0.3 is 0 Å². The van der Waals surface area contributed by atoms with Gasteiger partial charge in [-0.15, -0.1) is 4.98 Å². The van der Waals surface area contributed by atoms with Crippen LogP contribution >= 0.6 is 12.2 Å². The first-order valence-electron chi connectivity index (χ1n) is 8.98. The Hall–Kier alpha value is -2.72. The molecule has 1 saturated heterocycles. The zero-order chi connectivity index (χ0) is 19.2. The molecule has 0 aromatic carbocycles. The summed E-state index contributed by atoms with van der Waals surface area (Å²) in [5, 5.41) is 0.497. The molecule has 7 heteroatoms. The van der Waals surface area contributed by atoms with Crippen molar-refractivity contribution in [3.05, 3.63) is 52.9 Å². The number of carbonyl (C=O) groups is 1. The number of ether oxygens (including phenoxy) is 1. The van der Waals surface area contributed by atoms with Gasteiger partial charge in [-0.3, -0.25) is 9.69 Å². The molecule has 0 radical (unpaired) electrons. The van der Waals surface area contributed by atoms with Crippen LogP contribution in [0.15, 0.2) is 35.9 Å². The molecule has 138 valence electrons. The van der Waals surface area contributed by atoms with Gasteiger partial charge in [0.15, 0.2) is 5.11 Å². The molecule has 0 atom stereocenters. The van der Waals surface area contributed by atoms with E-state index in [0.29, 0.717) is 16.6 Å². The number of aryl methyl sites for hydroxylation is 1. The monoisotopic (exact) mass is 380 g/mol. The lowest BCUT2D eigenvalue weighted by Gasteiger charge is -2.44. The number of aromatic nitrogens is 1. The number of amides is 1. The Labute approximate surface area is 163 Å². The molecule has 0 bridgehead atoms. The van der Waals surface area contributed by atoms with E-state index in [-0.39, 0.29) is 5.91 Å². The van der Waals surface area contributed by atoms with Gasteiger partial charge in [-0.2, -0.15) is 0 Å². The average molecular weight is 380 g/mol. The van der Waals surface area contributed by atoms with Crippen LogP contribution in [0.25, 0.3) is 4.85 Å². The van der Waals surface area contributed by atoms with Crippen molar-refractivity contribution < 1.29 is 9.53 Å². The second-order valence-electron chi connectivity index (χ2n) is 7.08. The van der Waals surface area contributed by atoms with Crippen LogP contribution in [0, 0.1) is 13.5 Å². The van der Waals surface area contributed by atoms with Crippen molar-refractivity contribution in [1.82, 2.24) is 9.88 Å². The summed E-state index contributed by atoms with van der Waals surface area (Å²) in [6.07, 6.45) is 9.73. The number of allylic oxidation sites excluding steroid dienone is 4. The van der Waals surface area contributed by atoms with Gasteiger partial charge in [0, 0.05) is 12.1 Å². The smallest absolute Gasteiger partial charge is 0.272 e. The molecule has 1 amide bonds. The fourth-order valence-corrected chi connectivity index (χ4v) is 4.48. The van der Waals surface area contributed by atoms with Crippen molar-refractivity contribution in [2.45, 2.75) is 44.6 Å². The number of nitrogens with zero attached hydrogens (tertiary/aromatic N) is 4. The zero-order valence-electron chi connectivity index (χ0n) is 15.4. The Morgan fingerprint density at radius 1 is 1.33 bits per heavy atom. The van der Waals surface area contributed by atoms with E-state index in [1.54, 1.807) is 18.2 Å². The van der Waals surface area contributed by atoms with Gasteiger partial charge in [-0.25, -0.2) is 0 Å². The lowest BCUT2D eigenvalue weighted by Crippen LogP contribution is -2.54. The number of hydrogen-bond donors (Lipinski definition) is 0. The summed E-state index contributed by atoms with van der Waals surface area (Å²) < 4.78 is 5.32. The highest BCUT2D eigenvalue weighted by Gasteiger charge is 2.60. The number of methoxy groups -OCH3 is 1. The first-order chi connectivity index (χ1) is 13.0. The number of pyridine rings is 1. The standard InChI is InChI=1S/C20H20N4O2S/c1-13-11-15(12-22-17(13)21-2)23-18(25)20(9-4-10-20)24(19(23)27)14-5-7-16(26-3)8-6-14/h5,7,11-12H,4,6,8-10H2,1,3H3. The van der Waals surface area contributed by atoms with Crippen LogP contribution in [0.2, 0.25) is 0 Å². The highest BCUT2D eigenvalue weighted by Crippen LogP contribution is 2.48. The number of thiocarbonyl (C=S) groups is 1. The number of carbonyl (C=O) groups excluding carboxylic acids is 1. The highest BCUT2D eigenvalue weighted by atomic mass is 32.1. The Kier molecular flexibility index (Phi) is 4.23. The normalized spacial score (nSPS) is 20.9. The van der Waals surface area contributed by atoms with Gasteiger partial charge in [0.05, 0.1) is 18.6 Å². The third-order valence-electron chi connectivity index (χ3n) is 5.63. The second-order valence-corrected chi connectivity index (χ2v) is 7.45. The minimum absolute atomic E-state index is 0.0120. The maximum absolute atomic E-state index is 13.4. The fraction of sp³-hybridized carbons (Fsp3) is 0.400. The first-order valence-corrected chi connectivity index (χ1v) is 9.39. The van der Waals surface area contributed by atoms with E-state index in [4.69, 9.17) is 23.5 Å². The SMILES string of the molecule is [C-]#[N+]c1ncc(N2C(=O)C3(CCC3)N(C3=CC=C(OC)CC3)C2=S)cc1C. The molecule has 0 unspecified atom stereocenters. The summed E-state index contributed by atoms with van der Waals surface area (Å²) in [6.45, 7) is 8.99. The first kappa shape index (κ1) is 17.7. The van der Waals surface area contributed by atoms with E-state index < -0.39 is 5.54 Å². The fourth-order valence-electron chi connectivity index (χ4n) is 4.00. The summed E-state index contributed by atoms with van der Waals surface area (Å²) in [6, 6.07) is 1.82. The molecule has 3 aliphatic rings. The molecule has 1 saturated carbocycles. The molecule has 1 aromatic rings. The molecular formula is C20H20N4O2S. The molecule has 1 spiro atoms. The van der Waals surface area contributed by atoms with Crippen molar-refractivity contribution >= 4 is 34.7 Å². The van der Waals surface area contributed by atoms with E-state index >= 15 is 0 Å². The molecule has 2 heterocycles. The largest absolute Gasteiger partial charge is 0.501 e. The lowest BCUT2D eigenvalue weighted by molar-refractivity contribution is -0.128. The van der Waals surface area contributed by atoms with Crippen molar-refractivity contribution in [1.29, 1.82) is 0 Å². The summed E-state index contributed by atoms with van der Waals surface area (Å²) >= 11 is 5.76. The molecule has 27 heavy (non-hydrogen) atoms. The van der Waals surface area contributed by atoms with Gasteiger partial charge in [-0.1, -0.05) is 6.57 Å². The Morgan fingerprint density at radius 3 is 2.63 bits per heavy atom. The molecule has 1 aliphatic heterocycles. The third kappa shape index (κ3) is 2.55. The molecule has 6 nitrogen and oxygen atoms in total. The number of anilines is 1. The third-order valence-corrected chi connectivity index (χ3v) is 6.00. The molecule has 0 N–H and O–H groups in total. The van der Waals surface area contributed by atoms with Crippen LogP contribution in [0.1, 0.15) is 37.7 Å². The summed E-state index contributed by atoms with van der Waals surface area (Å²) in [4.78, 5) is 24.6. The van der Waals surface area contributed by atoms with Crippen LogP contribution in [-0.2, 0) is 9.53 Å². The van der Waals surface area contributed by atoms with Gasteiger partial charge in [-0.05, 0) is 68.6 Å². The number of rotatable bonds is 3. The average Bonchev–Trinajstić information content (AvgIpc) is 2.88. The summed E-state index contributed by atoms with van der Waals surface area (Å²) in [5.41, 5.74) is 1.85. The van der Waals surface area contributed by atoms with E-state index in [0.717, 1.165) is 49.1 Å². The van der Waals surface area contributed by atoms with Crippen molar-refractivity contribution in [2.24, 2.45) is 0 Å². The van der Waals surface area contributed by atoms with Gasteiger partial charge in [0.1, 0.15) is 11.7 Å². The Balaban J connectivity index is 1.74. The predicted octanol–water partition coefficient (Wildman–Crippen LogP) is 4.01. The Morgan fingerprint density at radius 2 is 2.11 bits per heavy atom. The molecule has 1 aromatic heterocycles. The highest BCUT2D eigenvalue weighted by molar-refractivity contribution is 7.80. The van der Waals surface area contributed by atoms with Crippen LogP contribution in [0.4, 0.5) is 11.5 Å². The maximum atomic E-state index is 13.4. The van der Waals surface area contributed by atoms with Crippen LogP contribution in [-0.4, -0.2) is 33.6 Å². The van der Waals surface area contributed by atoms with E-state index in [1.807, 2.05) is 25.1 Å². The Bertz CT molecular complexity index is 940. The van der Waals surface area contributed by atoms with Gasteiger partial charge in [0.2, 0.25) is 0 Å². The van der Waals surface area contributed by atoms with Crippen molar-refractivity contribution in [3.63, 3.8) is 0 Å². The van der Waals surface area contributed by atoms with Gasteiger partial charge < -0.3 is 14.5 Å². The van der Waals surface area contributed by atoms with Crippen molar-refractivity contribution in [2.75, 3.05) is 12.0 Å². The minimum Gasteiger partial charge on any atom is -0.501 e. The number of hydrogen-bond acceptors (Lipinski definition) is 4. The molecular weight excluding hydrogens is 360 g/mol. The van der Waals surface area contributed by atoms with Crippen molar-refractivity contribution in [3.8, 4) is 0 Å². The molecule has 2 fully saturated rings. The quantitative estimate of drug-likeness (QED) is 0.586. The van der Waals surface area contributed by atoms with E-state index in [2.05, 4.69) is 14.7 Å². The van der Waals surface area contributed by atoms with E-state index in [1.165, 1.54) is 0 Å². The van der Waals surface area contributed by atoms with Crippen LogP contribution < -0.4 is 4.90 Å². The van der Waals surface area contributed by atoms with Crippen LogP contribution in [0.5, 0.6) is 0 Å². The predicted molar refractivity (Wildman–Crippen MR) is 106 cm³/mol. The topological polar surface area (TPSA) is 50.0 Å². The summed E-state index contributed by atoms with van der Waals surface area (Å²) in [7, 11) is 1.67. The minimum atomic E-state index is -0.576. The molecule has 2 aliphatic carbocycles. The summed E-state index contributed by atoms with van der Waals surface area (Å²) in [5.74, 6) is 1.29.